The van der Waals surface area contributed by atoms with Crippen LogP contribution in [-0.4, -0.2) is 51.0 Å². The van der Waals surface area contributed by atoms with Crippen molar-refractivity contribution in [2.24, 2.45) is 0 Å². The molecule has 176 valence electrons. The maximum Gasteiger partial charge on any atom is 0.350 e. The smallest absolute Gasteiger partial charge is 0.350 e. The first-order valence-corrected chi connectivity index (χ1v) is 12.6. The predicted octanol–water partition coefficient (Wildman–Crippen LogP) is 3.25. The highest BCUT2D eigenvalue weighted by atomic mass is 32.1. The van der Waals surface area contributed by atoms with Crippen molar-refractivity contribution in [2.45, 2.75) is 53.6 Å². The first kappa shape index (κ1) is 23.5. The highest BCUT2D eigenvalue weighted by molar-refractivity contribution is 7.18. The van der Waals surface area contributed by atoms with Crippen LogP contribution in [0.15, 0.2) is 4.79 Å². The molecule has 0 atom stereocenters. The molecule has 11 heteroatoms. The van der Waals surface area contributed by atoms with E-state index in [1.807, 2.05) is 13.8 Å². The van der Waals surface area contributed by atoms with Gasteiger partial charge in [-0.15, -0.1) is 11.3 Å². The minimum absolute atomic E-state index is 0.174. The van der Waals surface area contributed by atoms with Crippen LogP contribution in [0.4, 0.5) is 5.13 Å². The van der Waals surface area contributed by atoms with Crippen molar-refractivity contribution in [2.75, 3.05) is 25.0 Å². The van der Waals surface area contributed by atoms with Crippen LogP contribution in [0.25, 0.3) is 10.2 Å². The van der Waals surface area contributed by atoms with Gasteiger partial charge in [-0.2, -0.15) is 0 Å². The second kappa shape index (κ2) is 9.70. The number of ether oxygens (including phenoxy) is 1. The summed E-state index contributed by atoms with van der Waals surface area (Å²) in [6.07, 6.45) is 2.24. The zero-order valence-corrected chi connectivity index (χ0v) is 20.8. The molecule has 1 N–H and O–H groups in total. The van der Waals surface area contributed by atoms with Gasteiger partial charge in [0.05, 0.1) is 24.2 Å². The number of fused-ring (bicyclic) bond motifs is 1. The molecule has 9 nitrogen and oxygen atoms in total. The number of thiophene rings is 1. The number of likely N-dealkylation sites (tertiary alicyclic amines) is 1. The summed E-state index contributed by atoms with van der Waals surface area (Å²) in [5.41, 5.74) is 1.20. The number of aryl methyl sites for hydroxylation is 3. The fraction of sp³-hybridized carbons (Fsp3) is 0.500. The molecule has 0 aliphatic carbocycles. The maximum atomic E-state index is 13.4. The van der Waals surface area contributed by atoms with Crippen molar-refractivity contribution < 1.29 is 14.3 Å². The van der Waals surface area contributed by atoms with Crippen LogP contribution in [0.1, 0.15) is 51.4 Å². The number of anilines is 1. The molecule has 4 heterocycles. The van der Waals surface area contributed by atoms with Crippen molar-refractivity contribution >= 4 is 49.9 Å². The summed E-state index contributed by atoms with van der Waals surface area (Å²) in [5, 5.41) is 3.60. The fourth-order valence-corrected chi connectivity index (χ4v) is 5.85. The quantitative estimate of drug-likeness (QED) is 0.508. The molecule has 3 aromatic heterocycles. The highest BCUT2D eigenvalue weighted by Crippen LogP contribution is 2.27. The van der Waals surface area contributed by atoms with E-state index in [9.17, 15) is 14.4 Å². The first-order chi connectivity index (χ1) is 15.8. The van der Waals surface area contributed by atoms with Gasteiger partial charge in [-0.1, -0.05) is 11.3 Å². The second-order valence-corrected chi connectivity index (χ2v) is 10.3. The SMILES string of the molecule is CCOC(=O)c1sc(NC(=O)Cn2c(CN3CCCC3)nc3sc(C)c(C)c3c2=O)nc1C. The van der Waals surface area contributed by atoms with Gasteiger partial charge in [0.2, 0.25) is 5.91 Å². The van der Waals surface area contributed by atoms with Crippen LogP contribution in [0.3, 0.4) is 0 Å². The average Bonchev–Trinajstić information content (AvgIpc) is 3.46. The Labute approximate surface area is 199 Å². The Bertz CT molecular complexity index is 1270. The third kappa shape index (κ3) is 4.85. The lowest BCUT2D eigenvalue weighted by molar-refractivity contribution is -0.116. The van der Waals surface area contributed by atoms with Crippen molar-refractivity contribution in [1.82, 2.24) is 19.4 Å². The summed E-state index contributed by atoms with van der Waals surface area (Å²) in [6, 6.07) is 0. The summed E-state index contributed by atoms with van der Waals surface area (Å²) in [4.78, 5) is 51.8. The van der Waals surface area contributed by atoms with Gasteiger partial charge in [0.25, 0.3) is 5.56 Å². The third-order valence-electron chi connectivity index (χ3n) is 5.74. The average molecular weight is 490 g/mol. The molecule has 1 amide bonds. The molecule has 3 aromatic rings. The zero-order chi connectivity index (χ0) is 23.7. The van der Waals surface area contributed by atoms with E-state index in [0.29, 0.717) is 33.5 Å². The Morgan fingerprint density at radius 1 is 1.12 bits per heavy atom. The number of carbonyl (C=O) groups is 2. The Morgan fingerprint density at radius 3 is 2.55 bits per heavy atom. The summed E-state index contributed by atoms with van der Waals surface area (Å²) in [7, 11) is 0. The minimum Gasteiger partial charge on any atom is -0.462 e. The van der Waals surface area contributed by atoms with Crippen LogP contribution in [0.2, 0.25) is 0 Å². The van der Waals surface area contributed by atoms with Crippen LogP contribution < -0.4 is 10.9 Å². The Morgan fingerprint density at radius 2 is 1.85 bits per heavy atom. The van der Waals surface area contributed by atoms with E-state index in [0.717, 1.165) is 52.5 Å². The number of thiazole rings is 1. The molecule has 0 bridgehead atoms. The van der Waals surface area contributed by atoms with Crippen LogP contribution in [0, 0.1) is 20.8 Å². The van der Waals surface area contributed by atoms with Crippen LogP contribution in [0.5, 0.6) is 0 Å². The summed E-state index contributed by atoms with van der Waals surface area (Å²) in [6.45, 7) is 9.84. The molecule has 0 saturated carbocycles. The van der Waals surface area contributed by atoms with E-state index < -0.39 is 11.9 Å². The van der Waals surface area contributed by atoms with Gasteiger partial charge in [0.15, 0.2) is 5.13 Å². The van der Waals surface area contributed by atoms with Gasteiger partial charge in [-0.05, 0) is 59.2 Å². The molecule has 0 spiro atoms. The molecule has 1 aliphatic rings. The summed E-state index contributed by atoms with van der Waals surface area (Å²) >= 11 is 2.57. The number of rotatable bonds is 7. The number of nitrogens with one attached hydrogen (secondary N) is 1. The molecule has 0 radical (unpaired) electrons. The fourth-order valence-electron chi connectivity index (χ4n) is 3.93. The lowest BCUT2D eigenvalue weighted by Crippen LogP contribution is -2.33. The molecular weight excluding hydrogens is 462 g/mol. The molecular formula is C22H27N5O4S2. The van der Waals surface area contributed by atoms with Gasteiger partial charge >= 0.3 is 5.97 Å². The number of aromatic nitrogens is 3. The Balaban J connectivity index is 1.63. The van der Waals surface area contributed by atoms with E-state index in [2.05, 4.69) is 15.2 Å². The lowest BCUT2D eigenvalue weighted by Gasteiger charge is -2.18. The summed E-state index contributed by atoms with van der Waals surface area (Å²) in [5.74, 6) is -0.266. The molecule has 1 saturated heterocycles. The van der Waals surface area contributed by atoms with E-state index in [1.54, 1.807) is 13.8 Å². The van der Waals surface area contributed by atoms with Gasteiger partial charge in [-0.3, -0.25) is 19.1 Å². The Kier molecular flexibility index (Phi) is 6.91. The number of carbonyl (C=O) groups excluding carboxylic acids is 2. The van der Waals surface area contributed by atoms with Crippen molar-refractivity contribution in [1.29, 1.82) is 0 Å². The maximum absolute atomic E-state index is 13.4. The van der Waals surface area contributed by atoms with E-state index in [-0.39, 0.29) is 18.7 Å². The largest absolute Gasteiger partial charge is 0.462 e. The molecule has 33 heavy (non-hydrogen) atoms. The van der Waals surface area contributed by atoms with E-state index >= 15 is 0 Å². The monoisotopic (exact) mass is 489 g/mol. The standard InChI is InChI=1S/C22H27N5O4S2/c1-5-31-21(30)18-13(3)23-22(33-18)25-16(28)11-27-15(10-26-8-6-7-9-26)24-19-17(20(27)29)12(2)14(4)32-19/h5-11H2,1-4H3,(H,23,25,28). The van der Waals surface area contributed by atoms with Gasteiger partial charge in [0.1, 0.15) is 22.1 Å². The van der Waals surface area contributed by atoms with Crippen molar-refractivity contribution in [3.8, 4) is 0 Å². The third-order valence-corrected chi connectivity index (χ3v) is 7.89. The predicted molar refractivity (Wildman–Crippen MR) is 129 cm³/mol. The zero-order valence-electron chi connectivity index (χ0n) is 19.2. The number of hydrogen-bond donors (Lipinski definition) is 1. The van der Waals surface area contributed by atoms with Gasteiger partial charge in [-0.25, -0.2) is 14.8 Å². The van der Waals surface area contributed by atoms with E-state index in [1.165, 1.54) is 15.9 Å². The molecule has 0 aromatic carbocycles. The number of amides is 1. The number of esters is 1. The highest BCUT2D eigenvalue weighted by Gasteiger charge is 2.22. The molecule has 4 rings (SSSR count). The molecule has 1 fully saturated rings. The second-order valence-electron chi connectivity index (χ2n) is 8.07. The normalized spacial score (nSPS) is 14.2. The van der Waals surface area contributed by atoms with Gasteiger partial charge in [0, 0.05) is 4.88 Å². The number of nitrogens with zero attached hydrogens (tertiary/aromatic N) is 4. The number of hydrogen-bond acceptors (Lipinski definition) is 9. The van der Waals surface area contributed by atoms with Crippen LogP contribution in [-0.2, 0) is 22.6 Å². The van der Waals surface area contributed by atoms with E-state index in [4.69, 9.17) is 9.72 Å². The molecule has 1 aliphatic heterocycles. The summed E-state index contributed by atoms with van der Waals surface area (Å²) < 4.78 is 6.51. The molecule has 0 unspecified atom stereocenters. The van der Waals surface area contributed by atoms with Crippen LogP contribution >= 0.6 is 22.7 Å². The topological polar surface area (TPSA) is 106 Å². The van der Waals surface area contributed by atoms with Crippen molar-refractivity contribution in [3.05, 3.63) is 37.2 Å². The van der Waals surface area contributed by atoms with Crippen molar-refractivity contribution in [3.63, 3.8) is 0 Å². The van der Waals surface area contributed by atoms with Gasteiger partial charge < -0.3 is 10.1 Å². The lowest BCUT2D eigenvalue weighted by atomic mass is 10.2. The minimum atomic E-state index is -0.463. The Hall–Kier alpha value is -2.63. The first-order valence-electron chi connectivity index (χ1n) is 10.9.